The molecule has 19 heavy (non-hydrogen) atoms. The molecule has 1 aromatic rings. The van der Waals surface area contributed by atoms with Crippen molar-refractivity contribution in [2.24, 2.45) is 5.10 Å². The van der Waals surface area contributed by atoms with E-state index in [0.29, 0.717) is 4.88 Å². The van der Waals surface area contributed by atoms with Crippen molar-refractivity contribution in [3.8, 4) is 0 Å². The van der Waals surface area contributed by atoms with Crippen molar-refractivity contribution >= 4 is 23.0 Å². The number of hydrazone groups is 1. The highest BCUT2D eigenvalue weighted by molar-refractivity contribution is 7.12. The lowest BCUT2D eigenvalue weighted by Crippen LogP contribution is -2.18. The molecule has 0 unspecified atom stereocenters. The fourth-order valence-corrected chi connectivity index (χ4v) is 2.80. The van der Waals surface area contributed by atoms with Crippen LogP contribution in [-0.4, -0.2) is 11.6 Å². The molecule has 0 fully saturated rings. The highest BCUT2D eigenvalue weighted by atomic mass is 32.1. The number of unbranched alkanes of at least 4 members (excludes halogenated alkanes) is 2. The van der Waals surface area contributed by atoms with Crippen LogP contribution in [0.25, 0.3) is 0 Å². The minimum Gasteiger partial charge on any atom is -0.266 e. The Kier molecular flexibility index (Phi) is 5.33. The largest absolute Gasteiger partial charge is 0.281 e. The number of hydrogen-bond donors (Lipinski definition) is 1. The standard InChI is InChI=1S/C15H20N2OS/c1-2-3-4-7-12-8-5-9-13(12)16-17-15(18)14-10-6-11-19-14/h6,8,10-11H,2-5,7,9H2,1H3,(H,17,18)/b16-13-. The predicted octanol–water partition coefficient (Wildman–Crippen LogP) is 4.13. The van der Waals surface area contributed by atoms with Crippen molar-refractivity contribution in [3.05, 3.63) is 34.0 Å². The minimum atomic E-state index is -0.109. The molecular weight excluding hydrogens is 256 g/mol. The second-order valence-electron chi connectivity index (χ2n) is 4.70. The molecule has 1 aliphatic rings. The van der Waals surface area contributed by atoms with Gasteiger partial charge >= 0.3 is 0 Å². The molecule has 3 nitrogen and oxygen atoms in total. The van der Waals surface area contributed by atoms with Gasteiger partial charge in [0.2, 0.25) is 0 Å². The first kappa shape index (κ1) is 14.0. The Balaban J connectivity index is 1.88. The zero-order valence-electron chi connectivity index (χ0n) is 11.3. The second kappa shape index (κ2) is 7.24. The van der Waals surface area contributed by atoms with Crippen LogP contribution < -0.4 is 5.43 Å². The summed E-state index contributed by atoms with van der Waals surface area (Å²) in [5, 5.41) is 6.19. The molecule has 1 N–H and O–H groups in total. The summed E-state index contributed by atoms with van der Waals surface area (Å²) in [7, 11) is 0. The van der Waals surface area contributed by atoms with Crippen molar-refractivity contribution in [3.63, 3.8) is 0 Å². The van der Waals surface area contributed by atoms with E-state index in [9.17, 15) is 4.79 Å². The van der Waals surface area contributed by atoms with Gasteiger partial charge in [-0.05, 0) is 42.7 Å². The number of carbonyl (C=O) groups is 1. The third-order valence-corrected chi connectivity index (χ3v) is 4.10. The van der Waals surface area contributed by atoms with Gasteiger partial charge in [0.05, 0.1) is 10.6 Å². The zero-order chi connectivity index (χ0) is 13.5. The Morgan fingerprint density at radius 2 is 2.37 bits per heavy atom. The summed E-state index contributed by atoms with van der Waals surface area (Å²) in [6.07, 6.45) is 9.04. The van der Waals surface area contributed by atoms with Crippen molar-refractivity contribution in [2.75, 3.05) is 0 Å². The average Bonchev–Trinajstić information content (AvgIpc) is 3.08. The lowest BCUT2D eigenvalue weighted by Gasteiger charge is -2.05. The molecule has 1 aliphatic carbocycles. The molecule has 0 aromatic carbocycles. The molecule has 0 radical (unpaired) electrons. The summed E-state index contributed by atoms with van der Waals surface area (Å²) in [6, 6.07) is 3.69. The van der Waals surface area contributed by atoms with Crippen LogP contribution >= 0.6 is 11.3 Å². The van der Waals surface area contributed by atoms with Crippen molar-refractivity contribution in [1.82, 2.24) is 5.43 Å². The number of nitrogens with one attached hydrogen (secondary N) is 1. The molecule has 1 aromatic heterocycles. The smallest absolute Gasteiger partial charge is 0.266 e. The van der Waals surface area contributed by atoms with E-state index < -0.39 is 0 Å². The van der Waals surface area contributed by atoms with E-state index in [-0.39, 0.29) is 5.91 Å². The summed E-state index contributed by atoms with van der Waals surface area (Å²) >= 11 is 1.44. The molecule has 102 valence electrons. The van der Waals surface area contributed by atoms with E-state index in [1.807, 2.05) is 17.5 Å². The molecule has 1 heterocycles. The second-order valence-corrected chi connectivity index (χ2v) is 5.65. The Bertz CT molecular complexity index is 474. The van der Waals surface area contributed by atoms with Gasteiger partial charge in [-0.2, -0.15) is 5.10 Å². The Morgan fingerprint density at radius 3 is 3.11 bits per heavy atom. The van der Waals surface area contributed by atoms with Crippen LogP contribution in [0.2, 0.25) is 0 Å². The summed E-state index contributed by atoms with van der Waals surface area (Å²) in [5.41, 5.74) is 5.04. The molecule has 0 saturated carbocycles. The third-order valence-electron chi connectivity index (χ3n) is 3.23. The molecule has 4 heteroatoms. The van der Waals surface area contributed by atoms with Crippen molar-refractivity contribution < 1.29 is 4.79 Å². The Labute approximate surface area is 118 Å². The van der Waals surface area contributed by atoms with Crippen LogP contribution in [-0.2, 0) is 0 Å². The highest BCUT2D eigenvalue weighted by Gasteiger charge is 2.14. The maximum atomic E-state index is 11.8. The predicted molar refractivity (Wildman–Crippen MR) is 80.7 cm³/mol. The van der Waals surface area contributed by atoms with E-state index in [4.69, 9.17) is 0 Å². The molecule has 2 rings (SSSR count). The van der Waals surface area contributed by atoms with E-state index in [2.05, 4.69) is 23.5 Å². The van der Waals surface area contributed by atoms with Gasteiger partial charge in [-0.25, -0.2) is 5.43 Å². The lowest BCUT2D eigenvalue weighted by molar-refractivity contribution is 0.0959. The number of hydrogen-bond acceptors (Lipinski definition) is 3. The number of rotatable bonds is 6. The summed E-state index contributed by atoms with van der Waals surface area (Å²) in [4.78, 5) is 12.5. The number of nitrogens with zero attached hydrogens (tertiary/aromatic N) is 1. The number of thiophene rings is 1. The maximum absolute atomic E-state index is 11.8. The van der Waals surface area contributed by atoms with Gasteiger partial charge in [0.25, 0.3) is 5.91 Å². The first-order valence-electron chi connectivity index (χ1n) is 6.91. The van der Waals surface area contributed by atoms with Gasteiger partial charge in [0.15, 0.2) is 0 Å². The molecule has 0 atom stereocenters. The Morgan fingerprint density at radius 1 is 1.47 bits per heavy atom. The Hall–Kier alpha value is -1.42. The zero-order valence-corrected chi connectivity index (χ0v) is 12.1. The minimum absolute atomic E-state index is 0.109. The van der Waals surface area contributed by atoms with Crippen LogP contribution in [0.1, 0.15) is 55.1 Å². The maximum Gasteiger partial charge on any atom is 0.281 e. The first-order chi connectivity index (χ1) is 9.31. The van der Waals surface area contributed by atoms with Crippen molar-refractivity contribution in [2.45, 2.75) is 45.4 Å². The average molecular weight is 276 g/mol. The summed E-state index contributed by atoms with van der Waals surface area (Å²) in [6.45, 7) is 2.21. The number of allylic oxidation sites excluding steroid dienone is 2. The molecule has 0 bridgehead atoms. The number of amides is 1. The molecule has 1 amide bonds. The van der Waals surface area contributed by atoms with Crippen molar-refractivity contribution in [1.29, 1.82) is 0 Å². The number of carbonyl (C=O) groups excluding carboxylic acids is 1. The van der Waals surface area contributed by atoms with Gasteiger partial charge in [0.1, 0.15) is 0 Å². The van der Waals surface area contributed by atoms with E-state index >= 15 is 0 Å². The van der Waals surface area contributed by atoms with Gasteiger partial charge in [-0.15, -0.1) is 11.3 Å². The summed E-state index contributed by atoms with van der Waals surface area (Å²) in [5.74, 6) is -0.109. The van der Waals surface area contributed by atoms with Gasteiger partial charge in [-0.3, -0.25) is 4.79 Å². The van der Waals surface area contributed by atoms with Gasteiger partial charge in [-0.1, -0.05) is 31.9 Å². The fraction of sp³-hybridized carbons (Fsp3) is 0.467. The first-order valence-corrected chi connectivity index (χ1v) is 7.79. The quantitative estimate of drug-likeness (QED) is 0.616. The van der Waals surface area contributed by atoms with E-state index in [1.165, 1.54) is 36.2 Å². The lowest BCUT2D eigenvalue weighted by atomic mass is 10.1. The van der Waals surface area contributed by atoms with Crippen LogP contribution in [0, 0.1) is 0 Å². The van der Waals surface area contributed by atoms with Crippen LogP contribution in [0.4, 0.5) is 0 Å². The monoisotopic (exact) mass is 276 g/mol. The third kappa shape index (κ3) is 4.03. The van der Waals surface area contributed by atoms with Crippen LogP contribution in [0.15, 0.2) is 34.3 Å². The SMILES string of the molecule is CCCCCC1=CCC/C1=N/NC(=O)c1cccs1. The van der Waals surface area contributed by atoms with Gasteiger partial charge in [0, 0.05) is 0 Å². The fourth-order valence-electron chi connectivity index (χ4n) is 2.18. The van der Waals surface area contributed by atoms with Crippen LogP contribution in [0.5, 0.6) is 0 Å². The normalized spacial score (nSPS) is 16.7. The van der Waals surface area contributed by atoms with E-state index in [0.717, 1.165) is 25.0 Å². The molecule has 0 saturated heterocycles. The molecular formula is C15H20N2OS. The molecule has 0 aliphatic heterocycles. The van der Waals surface area contributed by atoms with E-state index in [1.54, 1.807) is 0 Å². The molecule has 0 spiro atoms. The van der Waals surface area contributed by atoms with Crippen LogP contribution in [0.3, 0.4) is 0 Å². The summed E-state index contributed by atoms with van der Waals surface area (Å²) < 4.78 is 0. The topological polar surface area (TPSA) is 41.5 Å². The highest BCUT2D eigenvalue weighted by Crippen LogP contribution is 2.21. The van der Waals surface area contributed by atoms with Gasteiger partial charge < -0.3 is 0 Å².